The van der Waals surface area contributed by atoms with Crippen molar-refractivity contribution in [1.82, 2.24) is 5.32 Å². The fraction of sp³-hybridized carbons (Fsp3) is 0.150. The van der Waals surface area contributed by atoms with Gasteiger partial charge >= 0.3 is 5.97 Å². The van der Waals surface area contributed by atoms with Gasteiger partial charge < -0.3 is 10.1 Å². The monoisotopic (exact) mass is 305 g/mol. The third-order valence-corrected chi connectivity index (χ3v) is 3.85. The Morgan fingerprint density at radius 3 is 2.26 bits per heavy atom. The van der Waals surface area contributed by atoms with Crippen LogP contribution >= 0.6 is 0 Å². The minimum absolute atomic E-state index is 0.305. The molecule has 0 aliphatic carbocycles. The molecule has 0 atom stereocenters. The Bertz CT molecular complexity index is 809. The van der Waals surface area contributed by atoms with Gasteiger partial charge in [0.05, 0.1) is 12.7 Å². The highest BCUT2D eigenvalue weighted by molar-refractivity contribution is 5.89. The molecule has 0 aliphatic rings. The fourth-order valence-electron chi connectivity index (χ4n) is 2.58. The van der Waals surface area contributed by atoms with Gasteiger partial charge in [0.2, 0.25) is 0 Å². The number of nitrogens with one attached hydrogen (secondary N) is 1. The highest BCUT2D eigenvalue weighted by atomic mass is 16.5. The Morgan fingerprint density at radius 2 is 1.52 bits per heavy atom. The Morgan fingerprint density at radius 1 is 0.870 bits per heavy atom. The van der Waals surface area contributed by atoms with Crippen molar-refractivity contribution in [2.45, 2.75) is 13.1 Å². The average Bonchev–Trinajstić information content (AvgIpc) is 2.61. The van der Waals surface area contributed by atoms with Crippen molar-refractivity contribution in [1.29, 1.82) is 0 Å². The summed E-state index contributed by atoms with van der Waals surface area (Å²) >= 11 is 0. The SMILES string of the molecule is COC(=O)c1ccc(CNCc2ccc3ccccc3c2)cc1. The maximum absolute atomic E-state index is 11.4. The van der Waals surface area contributed by atoms with Crippen molar-refractivity contribution in [2.75, 3.05) is 7.11 Å². The van der Waals surface area contributed by atoms with E-state index < -0.39 is 0 Å². The Hall–Kier alpha value is -2.65. The Kier molecular flexibility index (Phi) is 4.69. The quantitative estimate of drug-likeness (QED) is 0.726. The van der Waals surface area contributed by atoms with E-state index in [4.69, 9.17) is 4.74 Å². The summed E-state index contributed by atoms with van der Waals surface area (Å²) in [7, 11) is 1.39. The summed E-state index contributed by atoms with van der Waals surface area (Å²) in [6, 6.07) is 22.3. The third-order valence-electron chi connectivity index (χ3n) is 3.85. The van der Waals surface area contributed by atoms with Crippen LogP contribution in [0.5, 0.6) is 0 Å². The van der Waals surface area contributed by atoms with E-state index in [9.17, 15) is 4.79 Å². The molecule has 116 valence electrons. The molecule has 0 radical (unpaired) electrons. The molecule has 0 heterocycles. The van der Waals surface area contributed by atoms with Gasteiger partial charge in [0, 0.05) is 13.1 Å². The van der Waals surface area contributed by atoms with Crippen molar-refractivity contribution in [2.24, 2.45) is 0 Å². The molecule has 0 amide bonds. The van der Waals surface area contributed by atoms with Crippen LogP contribution < -0.4 is 5.32 Å². The molecule has 1 N–H and O–H groups in total. The van der Waals surface area contributed by atoms with E-state index in [1.807, 2.05) is 12.1 Å². The van der Waals surface area contributed by atoms with Crippen molar-refractivity contribution >= 4 is 16.7 Å². The topological polar surface area (TPSA) is 38.3 Å². The molecule has 0 saturated carbocycles. The van der Waals surface area contributed by atoms with Gasteiger partial charge in [0.1, 0.15) is 0 Å². The number of fused-ring (bicyclic) bond motifs is 1. The van der Waals surface area contributed by atoms with Gasteiger partial charge in [-0.05, 0) is 40.1 Å². The maximum Gasteiger partial charge on any atom is 0.337 e. The van der Waals surface area contributed by atoms with E-state index in [2.05, 4.69) is 47.8 Å². The number of ether oxygens (including phenoxy) is 1. The van der Waals surface area contributed by atoms with Crippen LogP contribution in [-0.2, 0) is 17.8 Å². The Labute approximate surface area is 135 Å². The lowest BCUT2D eigenvalue weighted by atomic mass is 10.1. The zero-order valence-electron chi connectivity index (χ0n) is 13.1. The summed E-state index contributed by atoms with van der Waals surface area (Å²) in [6.07, 6.45) is 0. The molecule has 0 unspecified atom stereocenters. The molecular weight excluding hydrogens is 286 g/mol. The highest BCUT2D eigenvalue weighted by Crippen LogP contribution is 2.15. The van der Waals surface area contributed by atoms with Crippen molar-refractivity contribution in [3.63, 3.8) is 0 Å². The molecular formula is C20H19NO2. The average molecular weight is 305 g/mol. The third kappa shape index (κ3) is 3.76. The first-order valence-electron chi connectivity index (χ1n) is 7.62. The van der Waals surface area contributed by atoms with Gasteiger partial charge in [-0.3, -0.25) is 0 Å². The lowest BCUT2D eigenvalue weighted by molar-refractivity contribution is 0.0600. The number of carbonyl (C=O) groups excluding carboxylic acids is 1. The number of hydrogen-bond donors (Lipinski definition) is 1. The summed E-state index contributed by atoms with van der Waals surface area (Å²) in [5.41, 5.74) is 2.97. The van der Waals surface area contributed by atoms with E-state index >= 15 is 0 Å². The first kappa shape index (κ1) is 15.3. The zero-order valence-corrected chi connectivity index (χ0v) is 13.1. The van der Waals surface area contributed by atoms with Crippen LogP contribution in [0.3, 0.4) is 0 Å². The Balaban J connectivity index is 1.58. The molecule has 23 heavy (non-hydrogen) atoms. The van der Waals surface area contributed by atoms with Crippen LogP contribution in [-0.4, -0.2) is 13.1 Å². The molecule has 0 aliphatic heterocycles. The fourth-order valence-corrected chi connectivity index (χ4v) is 2.58. The largest absolute Gasteiger partial charge is 0.465 e. The van der Waals surface area contributed by atoms with E-state index in [-0.39, 0.29) is 5.97 Å². The second-order valence-corrected chi connectivity index (χ2v) is 5.47. The van der Waals surface area contributed by atoms with Gasteiger partial charge in [-0.1, -0.05) is 48.5 Å². The van der Waals surface area contributed by atoms with Crippen LogP contribution in [0.4, 0.5) is 0 Å². The first-order valence-corrected chi connectivity index (χ1v) is 7.62. The standard InChI is InChI=1S/C20H19NO2/c1-23-20(22)18-10-6-15(7-11-18)13-21-14-16-8-9-17-4-2-3-5-19(17)12-16/h2-12,21H,13-14H2,1H3. The molecule has 3 rings (SSSR count). The summed E-state index contributed by atoms with van der Waals surface area (Å²) in [5.74, 6) is -0.305. The second-order valence-electron chi connectivity index (χ2n) is 5.47. The van der Waals surface area contributed by atoms with Gasteiger partial charge in [-0.2, -0.15) is 0 Å². The van der Waals surface area contributed by atoms with Crippen molar-refractivity contribution in [3.8, 4) is 0 Å². The predicted octanol–water partition coefficient (Wildman–Crippen LogP) is 3.92. The maximum atomic E-state index is 11.4. The number of benzene rings is 3. The molecule has 3 aromatic rings. The summed E-state index contributed by atoms with van der Waals surface area (Å²) in [5, 5.41) is 5.95. The number of rotatable bonds is 5. The number of carbonyl (C=O) groups is 1. The minimum Gasteiger partial charge on any atom is -0.465 e. The molecule has 0 bridgehead atoms. The van der Waals surface area contributed by atoms with Crippen LogP contribution in [0.2, 0.25) is 0 Å². The number of esters is 1. The van der Waals surface area contributed by atoms with Crippen LogP contribution in [0.25, 0.3) is 10.8 Å². The predicted molar refractivity (Wildman–Crippen MR) is 92.3 cm³/mol. The molecule has 0 fully saturated rings. The molecule has 3 aromatic carbocycles. The van der Waals surface area contributed by atoms with E-state index in [0.29, 0.717) is 5.56 Å². The normalized spacial score (nSPS) is 10.7. The van der Waals surface area contributed by atoms with Gasteiger partial charge in [0.15, 0.2) is 0 Å². The van der Waals surface area contributed by atoms with Crippen LogP contribution in [0.15, 0.2) is 66.7 Å². The van der Waals surface area contributed by atoms with Crippen molar-refractivity contribution < 1.29 is 9.53 Å². The van der Waals surface area contributed by atoms with Crippen molar-refractivity contribution in [3.05, 3.63) is 83.4 Å². The molecule has 0 spiro atoms. The molecule has 3 heteroatoms. The van der Waals surface area contributed by atoms with Gasteiger partial charge in [-0.15, -0.1) is 0 Å². The summed E-state index contributed by atoms with van der Waals surface area (Å²) < 4.78 is 4.70. The lowest BCUT2D eigenvalue weighted by Crippen LogP contribution is -2.12. The zero-order chi connectivity index (χ0) is 16.1. The molecule has 0 saturated heterocycles. The highest BCUT2D eigenvalue weighted by Gasteiger charge is 2.04. The summed E-state index contributed by atoms with van der Waals surface area (Å²) in [4.78, 5) is 11.4. The number of methoxy groups -OCH3 is 1. The minimum atomic E-state index is -0.305. The smallest absolute Gasteiger partial charge is 0.337 e. The van der Waals surface area contributed by atoms with Crippen LogP contribution in [0.1, 0.15) is 21.5 Å². The van der Waals surface area contributed by atoms with Gasteiger partial charge in [0.25, 0.3) is 0 Å². The number of hydrogen-bond acceptors (Lipinski definition) is 3. The second kappa shape index (κ2) is 7.07. The van der Waals surface area contributed by atoms with Crippen LogP contribution in [0, 0.1) is 0 Å². The van der Waals surface area contributed by atoms with E-state index in [1.165, 1.54) is 23.4 Å². The first-order chi connectivity index (χ1) is 11.3. The summed E-state index contributed by atoms with van der Waals surface area (Å²) in [6.45, 7) is 1.57. The lowest BCUT2D eigenvalue weighted by Gasteiger charge is -2.07. The van der Waals surface area contributed by atoms with E-state index in [1.54, 1.807) is 12.1 Å². The molecule has 3 nitrogen and oxygen atoms in total. The molecule has 0 aromatic heterocycles. The van der Waals surface area contributed by atoms with Gasteiger partial charge in [-0.25, -0.2) is 4.79 Å². The van der Waals surface area contributed by atoms with E-state index in [0.717, 1.165) is 18.7 Å².